The summed E-state index contributed by atoms with van der Waals surface area (Å²) in [7, 11) is 0. The molecule has 2 nitrogen and oxygen atoms in total. The van der Waals surface area contributed by atoms with Gasteiger partial charge in [-0.05, 0) is 24.5 Å². The highest BCUT2D eigenvalue weighted by molar-refractivity contribution is 5.50. The first-order chi connectivity index (χ1) is 8.36. The molecule has 0 aliphatic carbocycles. The first-order valence-corrected chi connectivity index (χ1v) is 6.19. The summed E-state index contributed by atoms with van der Waals surface area (Å²) in [6.07, 6.45) is 8.21. The SMILES string of the molecule is CCCCC[C@@H](/C=C/c1ccccc1)OC=O. The fourth-order valence-corrected chi connectivity index (χ4v) is 1.66. The molecule has 1 atom stereocenters. The van der Waals surface area contributed by atoms with Crippen molar-refractivity contribution >= 4 is 12.5 Å². The third kappa shape index (κ3) is 5.91. The van der Waals surface area contributed by atoms with Crippen LogP contribution < -0.4 is 0 Å². The maximum absolute atomic E-state index is 10.4. The zero-order valence-electron chi connectivity index (χ0n) is 10.3. The van der Waals surface area contributed by atoms with Crippen LogP contribution in [0, 0.1) is 0 Å². The number of carbonyl (C=O) groups excluding carboxylic acids is 1. The van der Waals surface area contributed by atoms with Crippen LogP contribution in [0.1, 0.15) is 38.2 Å². The molecule has 0 saturated heterocycles. The monoisotopic (exact) mass is 232 g/mol. The zero-order chi connectivity index (χ0) is 12.3. The molecule has 0 heterocycles. The maximum atomic E-state index is 10.4. The van der Waals surface area contributed by atoms with E-state index in [2.05, 4.69) is 6.92 Å². The van der Waals surface area contributed by atoms with E-state index in [-0.39, 0.29) is 6.10 Å². The Bertz CT molecular complexity index is 330. The van der Waals surface area contributed by atoms with Gasteiger partial charge in [-0.2, -0.15) is 0 Å². The lowest BCUT2D eigenvalue weighted by atomic mass is 10.1. The number of benzene rings is 1. The standard InChI is InChI=1S/C15H20O2/c1-2-3-5-10-15(17-13-16)12-11-14-8-6-4-7-9-14/h4,6-9,11-13,15H,2-3,5,10H2,1H3/b12-11+/t15-/m0/s1. The highest BCUT2D eigenvalue weighted by Crippen LogP contribution is 2.10. The number of hydrogen-bond donors (Lipinski definition) is 0. The number of ether oxygens (including phenoxy) is 1. The van der Waals surface area contributed by atoms with Gasteiger partial charge in [0.15, 0.2) is 0 Å². The quantitative estimate of drug-likeness (QED) is 0.503. The number of rotatable bonds is 8. The third-order valence-corrected chi connectivity index (χ3v) is 2.63. The molecule has 0 spiro atoms. The predicted molar refractivity (Wildman–Crippen MR) is 70.6 cm³/mol. The van der Waals surface area contributed by atoms with E-state index in [0.717, 1.165) is 18.4 Å². The van der Waals surface area contributed by atoms with E-state index in [9.17, 15) is 4.79 Å². The van der Waals surface area contributed by atoms with Crippen LogP contribution in [-0.4, -0.2) is 12.6 Å². The van der Waals surface area contributed by atoms with Crippen molar-refractivity contribution in [3.05, 3.63) is 42.0 Å². The van der Waals surface area contributed by atoms with Crippen LogP contribution in [0.3, 0.4) is 0 Å². The molecule has 1 rings (SSSR count). The minimum atomic E-state index is -0.0979. The van der Waals surface area contributed by atoms with Crippen molar-refractivity contribution in [2.75, 3.05) is 0 Å². The summed E-state index contributed by atoms with van der Waals surface area (Å²) in [5.74, 6) is 0. The Morgan fingerprint density at radius 1 is 1.24 bits per heavy atom. The van der Waals surface area contributed by atoms with Gasteiger partial charge in [0.25, 0.3) is 6.47 Å². The average Bonchev–Trinajstić information content (AvgIpc) is 2.37. The van der Waals surface area contributed by atoms with Gasteiger partial charge in [0, 0.05) is 0 Å². The molecule has 0 radical (unpaired) electrons. The van der Waals surface area contributed by atoms with Crippen molar-refractivity contribution in [1.82, 2.24) is 0 Å². The highest BCUT2D eigenvalue weighted by atomic mass is 16.5. The largest absolute Gasteiger partial charge is 0.460 e. The van der Waals surface area contributed by atoms with Gasteiger partial charge in [-0.25, -0.2) is 0 Å². The second-order valence-electron chi connectivity index (χ2n) is 4.04. The van der Waals surface area contributed by atoms with Gasteiger partial charge in [0.05, 0.1) is 0 Å². The highest BCUT2D eigenvalue weighted by Gasteiger charge is 2.03. The zero-order valence-corrected chi connectivity index (χ0v) is 10.3. The van der Waals surface area contributed by atoms with Crippen molar-refractivity contribution in [1.29, 1.82) is 0 Å². The van der Waals surface area contributed by atoms with Gasteiger partial charge in [0.1, 0.15) is 6.10 Å². The van der Waals surface area contributed by atoms with Crippen molar-refractivity contribution in [2.24, 2.45) is 0 Å². The van der Waals surface area contributed by atoms with Gasteiger partial charge in [0.2, 0.25) is 0 Å². The Morgan fingerprint density at radius 3 is 2.65 bits per heavy atom. The molecule has 92 valence electrons. The van der Waals surface area contributed by atoms with E-state index in [4.69, 9.17) is 4.74 Å². The van der Waals surface area contributed by atoms with Crippen LogP contribution in [0.5, 0.6) is 0 Å². The van der Waals surface area contributed by atoms with Crippen LogP contribution in [0.25, 0.3) is 6.08 Å². The summed E-state index contributed by atoms with van der Waals surface area (Å²) < 4.78 is 5.04. The molecule has 1 aromatic rings. The fourth-order valence-electron chi connectivity index (χ4n) is 1.66. The normalized spacial score (nSPS) is 12.5. The first kappa shape index (κ1) is 13.5. The molecular weight excluding hydrogens is 212 g/mol. The first-order valence-electron chi connectivity index (χ1n) is 6.19. The molecule has 0 unspecified atom stereocenters. The lowest BCUT2D eigenvalue weighted by Crippen LogP contribution is -2.08. The van der Waals surface area contributed by atoms with Crippen LogP contribution in [0.2, 0.25) is 0 Å². The van der Waals surface area contributed by atoms with Gasteiger partial charge >= 0.3 is 0 Å². The second kappa shape index (κ2) is 8.57. The van der Waals surface area contributed by atoms with E-state index in [1.807, 2.05) is 42.5 Å². The van der Waals surface area contributed by atoms with Crippen LogP contribution in [-0.2, 0) is 9.53 Å². The van der Waals surface area contributed by atoms with Crippen molar-refractivity contribution in [3.63, 3.8) is 0 Å². The third-order valence-electron chi connectivity index (χ3n) is 2.63. The molecule has 2 heteroatoms. The van der Waals surface area contributed by atoms with Crippen LogP contribution >= 0.6 is 0 Å². The molecule has 0 bridgehead atoms. The summed E-state index contributed by atoms with van der Waals surface area (Å²) in [4.78, 5) is 10.4. The molecule has 0 amide bonds. The van der Waals surface area contributed by atoms with E-state index >= 15 is 0 Å². The summed E-state index contributed by atoms with van der Waals surface area (Å²) in [5.41, 5.74) is 1.13. The lowest BCUT2D eigenvalue weighted by molar-refractivity contribution is -0.131. The molecule has 17 heavy (non-hydrogen) atoms. The van der Waals surface area contributed by atoms with Crippen molar-refractivity contribution in [2.45, 2.75) is 38.7 Å². The molecule has 0 saturated carbocycles. The van der Waals surface area contributed by atoms with Crippen molar-refractivity contribution < 1.29 is 9.53 Å². The van der Waals surface area contributed by atoms with Crippen molar-refractivity contribution in [3.8, 4) is 0 Å². The number of hydrogen-bond acceptors (Lipinski definition) is 2. The minimum Gasteiger partial charge on any atom is -0.460 e. The maximum Gasteiger partial charge on any atom is 0.293 e. The number of carbonyl (C=O) groups is 1. The van der Waals surface area contributed by atoms with E-state index in [1.165, 1.54) is 12.8 Å². The van der Waals surface area contributed by atoms with Gasteiger partial charge in [-0.1, -0.05) is 56.2 Å². The molecule has 0 N–H and O–H groups in total. The molecule has 0 aromatic heterocycles. The predicted octanol–water partition coefficient (Wildman–Crippen LogP) is 3.82. The Hall–Kier alpha value is -1.57. The van der Waals surface area contributed by atoms with Gasteiger partial charge in [-0.15, -0.1) is 0 Å². The molecule has 0 aliphatic rings. The minimum absolute atomic E-state index is 0.0979. The Morgan fingerprint density at radius 2 is 2.00 bits per heavy atom. The second-order valence-corrected chi connectivity index (χ2v) is 4.04. The lowest BCUT2D eigenvalue weighted by Gasteiger charge is -2.10. The Kier molecular flexibility index (Phi) is 6.80. The Labute approximate surface area is 103 Å². The van der Waals surface area contributed by atoms with Gasteiger partial charge in [-0.3, -0.25) is 4.79 Å². The van der Waals surface area contributed by atoms with E-state index in [1.54, 1.807) is 0 Å². The Balaban J connectivity index is 2.47. The molecule has 0 fully saturated rings. The molecule has 1 aromatic carbocycles. The topological polar surface area (TPSA) is 26.3 Å². The molecular formula is C15H20O2. The van der Waals surface area contributed by atoms with Gasteiger partial charge < -0.3 is 4.74 Å². The summed E-state index contributed by atoms with van der Waals surface area (Å²) >= 11 is 0. The van der Waals surface area contributed by atoms with E-state index < -0.39 is 0 Å². The van der Waals surface area contributed by atoms with Crippen LogP contribution in [0.4, 0.5) is 0 Å². The average molecular weight is 232 g/mol. The summed E-state index contributed by atoms with van der Waals surface area (Å²) in [5, 5.41) is 0. The van der Waals surface area contributed by atoms with Crippen LogP contribution in [0.15, 0.2) is 36.4 Å². The summed E-state index contributed by atoms with van der Waals surface area (Å²) in [6, 6.07) is 10.0. The fraction of sp³-hybridized carbons (Fsp3) is 0.400. The van der Waals surface area contributed by atoms with E-state index in [0.29, 0.717) is 6.47 Å². The summed E-state index contributed by atoms with van der Waals surface area (Å²) in [6.45, 7) is 2.70. The number of unbranched alkanes of at least 4 members (excludes halogenated alkanes) is 2. The smallest absolute Gasteiger partial charge is 0.293 e. The molecule has 0 aliphatic heterocycles.